The molecule has 2 aliphatic rings. The normalized spacial score (nSPS) is 20.7. The number of rotatable bonds is 9. The van der Waals surface area contributed by atoms with E-state index in [-0.39, 0.29) is 12.0 Å². The van der Waals surface area contributed by atoms with Gasteiger partial charge < -0.3 is 19.9 Å². The third kappa shape index (κ3) is 5.98. The van der Waals surface area contributed by atoms with Crippen molar-refractivity contribution in [3.8, 4) is 16.9 Å². The molecule has 6 heteroatoms. The monoisotopic (exact) mass is 465 g/mol. The van der Waals surface area contributed by atoms with Gasteiger partial charge in [-0.15, -0.1) is 0 Å². The Balaban J connectivity index is 1.57. The lowest BCUT2D eigenvalue weighted by Gasteiger charge is -2.27. The first-order chi connectivity index (χ1) is 16.5. The van der Waals surface area contributed by atoms with Crippen molar-refractivity contribution < 1.29 is 24.2 Å². The van der Waals surface area contributed by atoms with Gasteiger partial charge in [0, 0.05) is 5.69 Å². The topological polar surface area (TPSA) is 84.9 Å². The first-order valence-corrected chi connectivity index (χ1v) is 12.6. The quantitative estimate of drug-likeness (QED) is 0.471. The summed E-state index contributed by atoms with van der Waals surface area (Å²) in [5.41, 5.74) is 3.75. The van der Waals surface area contributed by atoms with Crippen LogP contribution in [0.4, 0.5) is 5.69 Å². The Hall–Kier alpha value is -2.86. The third-order valence-electron chi connectivity index (χ3n) is 7.03. The molecule has 0 radical (unpaired) electrons. The summed E-state index contributed by atoms with van der Waals surface area (Å²) in [4.78, 5) is 24.7. The Morgan fingerprint density at radius 1 is 0.971 bits per heavy atom. The molecule has 6 nitrogen and oxygen atoms in total. The molecule has 0 unspecified atom stereocenters. The van der Waals surface area contributed by atoms with Crippen LogP contribution in [0.5, 0.6) is 5.75 Å². The fourth-order valence-electron chi connectivity index (χ4n) is 5.23. The summed E-state index contributed by atoms with van der Waals surface area (Å²) in [6.45, 7) is 3.03. The van der Waals surface area contributed by atoms with E-state index in [1.54, 1.807) is 0 Å². The number of aliphatic carboxylic acids is 1. The van der Waals surface area contributed by atoms with Gasteiger partial charge in [0.15, 0.2) is 0 Å². The van der Waals surface area contributed by atoms with E-state index in [9.17, 15) is 14.7 Å². The average molecular weight is 466 g/mol. The highest BCUT2D eigenvalue weighted by Gasteiger charge is 2.35. The molecule has 0 aromatic heterocycles. The molecule has 1 amide bonds. The van der Waals surface area contributed by atoms with Crippen LogP contribution in [0, 0.1) is 11.8 Å². The van der Waals surface area contributed by atoms with Gasteiger partial charge in [0.25, 0.3) is 0 Å². The second-order valence-electron chi connectivity index (χ2n) is 9.38. The van der Waals surface area contributed by atoms with Crippen molar-refractivity contribution in [2.45, 2.75) is 71.0 Å². The molecule has 4 rings (SSSR count). The summed E-state index contributed by atoms with van der Waals surface area (Å²) in [5.74, 6) is -1.38. The van der Waals surface area contributed by atoms with E-state index in [1.165, 1.54) is 12.8 Å². The summed E-state index contributed by atoms with van der Waals surface area (Å²) >= 11 is 0. The maximum atomic E-state index is 13.0. The lowest BCUT2D eigenvalue weighted by molar-refractivity contribution is -0.147. The molecule has 34 heavy (non-hydrogen) atoms. The Morgan fingerprint density at radius 3 is 2.44 bits per heavy atom. The summed E-state index contributed by atoms with van der Waals surface area (Å²) in [6.07, 6.45) is 7.78. The Labute approximate surface area is 201 Å². The van der Waals surface area contributed by atoms with Crippen LogP contribution in [-0.2, 0) is 20.9 Å². The van der Waals surface area contributed by atoms with Crippen LogP contribution in [0.3, 0.4) is 0 Å². The number of hydrogen-bond acceptors (Lipinski definition) is 4. The zero-order valence-electron chi connectivity index (χ0n) is 19.9. The number of amides is 1. The van der Waals surface area contributed by atoms with Crippen LogP contribution in [0.2, 0.25) is 0 Å². The van der Waals surface area contributed by atoms with Gasteiger partial charge in [-0.25, -0.2) is 0 Å². The van der Waals surface area contributed by atoms with Gasteiger partial charge in [-0.1, -0.05) is 43.9 Å². The molecule has 2 atom stereocenters. The van der Waals surface area contributed by atoms with Crippen LogP contribution in [0.1, 0.15) is 63.9 Å². The zero-order chi connectivity index (χ0) is 23.9. The highest BCUT2D eigenvalue weighted by molar-refractivity contribution is 5.95. The summed E-state index contributed by atoms with van der Waals surface area (Å²) in [5, 5.41) is 12.6. The lowest BCUT2D eigenvalue weighted by Crippen LogP contribution is -2.36. The number of carboxylic acids is 1. The Morgan fingerprint density at radius 2 is 1.71 bits per heavy atom. The maximum Gasteiger partial charge on any atom is 0.307 e. The standard InChI is InChI=1S/C28H35NO5/c1-2-33-23-11-7-8-19(17-23)24-15-14-21(16-20(24)18-34-22-9-3-4-10-22)29-27(30)25-12-5-6-13-26(25)28(31)32/h7-8,11,14-17,22,25-26H,2-6,9-10,12-13,18H2,1H3,(H,29,30)(H,31,32)/t25-,26+/m0/s1. The van der Waals surface area contributed by atoms with Crippen molar-refractivity contribution >= 4 is 17.6 Å². The van der Waals surface area contributed by atoms with E-state index in [2.05, 4.69) is 11.4 Å². The molecule has 2 N–H and O–H groups in total. The third-order valence-corrected chi connectivity index (χ3v) is 7.03. The zero-order valence-corrected chi connectivity index (χ0v) is 19.9. The van der Waals surface area contributed by atoms with Crippen molar-refractivity contribution in [1.29, 1.82) is 0 Å². The molecule has 2 aliphatic carbocycles. The van der Waals surface area contributed by atoms with E-state index < -0.39 is 17.8 Å². The van der Waals surface area contributed by atoms with E-state index in [1.807, 2.05) is 43.3 Å². The largest absolute Gasteiger partial charge is 0.494 e. The van der Waals surface area contributed by atoms with Crippen LogP contribution in [-0.4, -0.2) is 29.7 Å². The van der Waals surface area contributed by atoms with Gasteiger partial charge in [-0.2, -0.15) is 0 Å². The van der Waals surface area contributed by atoms with Gasteiger partial charge in [-0.05, 0) is 73.6 Å². The molecule has 0 bridgehead atoms. The summed E-state index contributed by atoms with van der Waals surface area (Å²) in [7, 11) is 0. The summed E-state index contributed by atoms with van der Waals surface area (Å²) in [6, 6.07) is 13.9. The first-order valence-electron chi connectivity index (χ1n) is 12.6. The maximum absolute atomic E-state index is 13.0. The SMILES string of the molecule is CCOc1cccc(-c2ccc(NC(=O)[C@H]3CCCC[C@H]3C(=O)O)cc2COC2CCCC2)c1. The highest BCUT2D eigenvalue weighted by atomic mass is 16.5. The number of hydrogen-bond donors (Lipinski definition) is 2. The van der Waals surface area contributed by atoms with Gasteiger partial charge in [0.05, 0.1) is 31.2 Å². The number of benzene rings is 2. The van der Waals surface area contributed by atoms with Gasteiger partial charge in [-0.3, -0.25) is 9.59 Å². The number of ether oxygens (including phenoxy) is 2. The number of carbonyl (C=O) groups excluding carboxylic acids is 1. The molecule has 0 spiro atoms. The Kier molecular flexibility index (Phi) is 8.22. The van der Waals surface area contributed by atoms with Crippen LogP contribution in [0.25, 0.3) is 11.1 Å². The minimum Gasteiger partial charge on any atom is -0.494 e. The summed E-state index contributed by atoms with van der Waals surface area (Å²) < 4.78 is 11.9. The fraction of sp³-hybridized carbons (Fsp3) is 0.500. The highest BCUT2D eigenvalue weighted by Crippen LogP contribution is 2.34. The molecule has 2 fully saturated rings. The van der Waals surface area contributed by atoms with E-state index in [4.69, 9.17) is 9.47 Å². The van der Waals surface area contributed by atoms with Gasteiger partial charge in [0.2, 0.25) is 5.91 Å². The molecule has 2 saturated carbocycles. The van der Waals surface area contributed by atoms with Gasteiger partial charge >= 0.3 is 5.97 Å². The minimum atomic E-state index is -0.880. The van der Waals surface area contributed by atoms with E-state index in [0.29, 0.717) is 31.7 Å². The van der Waals surface area contributed by atoms with Crippen molar-refractivity contribution in [1.82, 2.24) is 0 Å². The molecule has 2 aromatic rings. The van der Waals surface area contributed by atoms with Crippen LogP contribution >= 0.6 is 0 Å². The Bertz CT molecular complexity index is 998. The van der Waals surface area contributed by atoms with Crippen molar-refractivity contribution in [2.75, 3.05) is 11.9 Å². The number of carboxylic acid groups (broad SMARTS) is 1. The van der Waals surface area contributed by atoms with Crippen molar-refractivity contribution in [3.63, 3.8) is 0 Å². The predicted octanol–water partition coefficient (Wildman–Crippen LogP) is 6.04. The van der Waals surface area contributed by atoms with E-state index in [0.717, 1.165) is 48.1 Å². The fourth-order valence-corrected chi connectivity index (χ4v) is 5.23. The number of carbonyl (C=O) groups is 2. The smallest absolute Gasteiger partial charge is 0.307 e. The second-order valence-corrected chi connectivity index (χ2v) is 9.38. The first kappa shape index (κ1) is 24.3. The predicted molar refractivity (Wildman–Crippen MR) is 132 cm³/mol. The van der Waals surface area contributed by atoms with Gasteiger partial charge in [0.1, 0.15) is 5.75 Å². The average Bonchev–Trinajstić information content (AvgIpc) is 3.37. The number of anilines is 1. The molecule has 182 valence electrons. The second kappa shape index (κ2) is 11.5. The minimum absolute atomic E-state index is 0.208. The van der Waals surface area contributed by atoms with Crippen molar-refractivity contribution in [2.24, 2.45) is 11.8 Å². The number of nitrogens with one attached hydrogen (secondary N) is 1. The lowest BCUT2D eigenvalue weighted by atomic mass is 9.78. The van der Waals surface area contributed by atoms with Crippen LogP contribution in [0.15, 0.2) is 42.5 Å². The molecule has 0 aliphatic heterocycles. The van der Waals surface area contributed by atoms with E-state index >= 15 is 0 Å². The van der Waals surface area contributed by atoms with Crippen LogP contribution < -0.4 is 10.1 Å². The van der Waals surface area contributed by atoms with Crippen molar-refractivity contribution in [3.05, 3.63) is 48.0 Å². The molecular formula is C28H35NO5. The molecular weight excluding hydrogens is 430 g/mol. The molecule has 2 aromatic carbocycles. The molecule has 0 heterocycles. The molecule has 0 saturated heterocycles.